The maximum atomic E-state index is 11.0. The lowest BCUT2D eigenvalue weighted by atomic mass is 10.0. The largest absolute Gasteiger partial charge is 0.478 e. The van der Waals surface area contributed by atoms with E-state index in [1.807, 2.05) is 12.1 Å². The zero-order valence-corrected chi connectivity index (χ0v) is 9.43. The van der Waals surface area contributed by atoms with Gasteiger partial charge in [0.15, 0.2) is 0 Å². The van der Waals surface area contributed by atoms with Gasteiger partial charge < -0.3 is 5.11 Å². The summed E-state index contributed by atoms with van der Waals surface area (Å²) in [5, 5.41) is 10.6. The van der Waals surface area contributed by atoms with E-state index in [-0.39, 0.29) is 11.3 Å². The molecule has 2 aromatic carbocycles. The van der Waals surface area contributed by atoms with Gasteiger partial charge in [0.05, 0.1) is 5.56 Å². The molecule has 0 atom stereocenters. The third kappa shape index (κ3) is 2.33. The molecule has 0 saturated heterocycles. The van der Waals surface area contributed by atoms with Crippen LogP contribution >= 0.6 is 0 Å². The summed E-state index contributed by atoms with van der Waals surface area (Å²) in [7, 11) is 0. The van der Waals surface area contributed by atoms with Crippen LogP contribution in [0, 0.1) is 0 Å². The number of aromatic carboxylic acids is 1. The zero-order valence-electron chi connectivity index (χ0n) is 9.43. The Labute approximate surface area is 98.7 Å². The fourth-order valence-electron chi connectivity index (χ4n) is 1.92. The molecule has 1 N–H and O–H groups in total. The number of fused-ring (bicyclic) bond motifs is 1. The second-order valence-electron chi connectivity index (χ2n) is 4.05. The fourth-order valence-corrected chi connectivity index (χ4v) is 1.92. The van der Waals surface area contributed by atoms with Gasteiger partial charge in [-0.25, -0.2) is 4.79 Å². The second kappa shape index (κ2) is 4.37. The third-order valence-electron chi connectivity index (χ3n) is 2.63. The third-order valence-corrected chi connectivity index (χ3v) is 2.63. The summed E-state index contributed by atoms with van der Waals surface area (Å²) in [6.45, 7) is 1.54. The minimum Gasteiger partial charge on any atom is -0.478 e. The van der Waals surface area contributed by atoms with Crippen LogP contribution in [-0.2, 0) is 11.2 Å². The lowest BCUT2D eigenvalue weighted by molar-refractivity contribution is -0.116. The van der Waals surface area contributed by atoms with E-state index in [4.69, 9.17) is 5.11 Å². The number of rotatable bonds is 3. The van der Waals surface area contributed by atoms with Crippen LogP contribution < -0.4 is 0 Å². The van der Waals surface area contributed by atoms with E-state index in [2.05, 4.69) is 0 Å². The summed E-state index contributed by atoms with van der Waals surface area (Å²) in [5.74, 6) is -0.839. The van der Waals surface area contributed by atoms with Crippen LogP contribution in [0.5, 0.6) is 0 Å². The second-order valence-corrected chi connectivity index (χ2v) is 4.05. The Bertz CT molecular complexity index is 599. The summed E-state index contributed by atoms with van der Waals surface area (Å²) in [6, 6.07) is 10.6. The van der Waals surface area contributed by atoms with Gasteiger partial charge in [-0.3, -0.25) is 4.79 Å². The van der Waals surface area contributed by atoms with Crippen molar-refractivity contribution in [3.8, 4) is 0 Å². The Balaban J connectivity index is 2.56. The molecule has 0 aliphatic heterocycles. The summed E-state index contributed by atoms with van der Waals surface area (Å²) in [5.41, 5.74) is 1.20. The van der Waals surface area contributed by atoms with E-state index in [0.717, 1.165) is 10.9 Å². The van der Waals surface area contributed by atoms with Gasteiger partial charge in [-0.15, -0.1) is 0 Å². The summed E-state index contributed by atoms with van der Waals surface area (Å²) in [4.78, 5) is 22.1. The first kappa shape index (κ1) is 11.3. The Morgan fingerprint density at radius 2 is 1.94 bits per heavy atom. The molecule has 0 aromatic heterocycles. The highest BCUT2D eigenvalue weighted by atomic mass is 16.4. The monoisotopic (exact) mass is 228 g/mol. The normalized spacial score (nSPS) is 10.4. The minimum atomic E-state index is -0.935. The van der Waals surface area contributed by atoms with Crippen LogP contribution in [0.15, 0.2) is 36.4 Å². The average molecular weight is 228 g/mol. The lowest BCUT2D eigenvalue weighted by Crippen LogP contribution is -1.99. The predicted octanol–water partition coefficient (Wildman–Crippen LogP) is 2.67. The maximum absolute atomic E-state index is 11.0. The average Bonchev–Trinajstić information content (AvgIpc) is 2.26. The smallest absolute Gasteiger partial charge is 0.336 e. The molecule has 2 aromatic rings. The lowest BCUT2D eigenvalue weighted by Gasteiger charge is -2.04. The number of benzene rings is 2. The van der Waals surface area contributed by atoms with Crippen molar-refractivity contribution in [1.29, 1.82) is 0 Å². The fraction of sp³-hybridized carbons (Fsp3) is 0.143. The van der Waals surface area contributed by atoms with Gasteiger partial charge >= 0.3 is 5.97 Å². The van der Waals surface area contributed by atoms with Crippen molar-refractivity contribution in [1.82, 2.24) is 0 Å². The minimum absolute atomic E-state index is 0.0961. The van der Waals surface area contributed by atoms with Crippen molar-refractivity contribution in [3.05, 3.63) is 47.5 Å². The first-order chi connectivity index (χ1) is 8.08. The maximum Gasteiger partial charge on any atom is 0.336 e. The van der Waals surface area contributed by atoms with E-state index in [9.17, 15) is 9.59 Å². The van der Waals surface area contributed by atoms with Crippen molar-refractivity contribution in [2.75, 3.05) is 0 Å². The standard InChI is InChI=1S/C14H12O3/c1-9(15)7-10-5-6-12-11(8-10)3-2-4-13(12)14(16)17/h2-6,8H,7H2,1H3,(H,16,17). The number of carboxylic acids is 1. The van der Waals surface area contributed by atoms with Gasteiger partial charge in [-0.2, -0.15) is 0 Å². The first-order valence-corrected chi connectivity index (χ1v) is 5.32. The van der Waals surface area contributed by atoms with E-state index in [1.54, 1.807) is 24.3 Å². The van der Waals surface area contributed by atoms with E-state index < -0.39 is 5.97 Å². The van der Waals surface area contributed by atoms with Gasteiger partial charge in [0.25, 0.3) is 0 Å². The summed E-state index contributed by atoms with van der Waals surface area (Å²) >= 11 is 0. The van der Waals surface area contributed by atoms with E-state index >= 15 is 0 Å². The molecule has 0 radical (unpaired) electrons. The molecule has 3 heteroatoms. The molecule has 0 bridgehead atoms. The summed E-state index contributed by atoms with van der Waals surface area (Å²) < 4.78 is 0. The van der Waals surface area contributed by atoms with Crippen LogP contribution in [0.4, 0.5) is 0 Å². The molecular weight excluding hydrogens is 216 g/mol. The Kier molecular flexibility index (Phi) is 2.91. The number of ketones is 1. The molecule has 0 fully saturated rings. The van der Waals surface area contributed by atoms with Crippen LogP contribution in [0.2, 0.25) is 0 Å². The van der Waals surface area contributed by atoms with Gasteiger partial charge in [-0.05, 0) is 29.3 Å². The Morgan fingerprint density at radius 3 is 2.59 bits per heavy atom. The van der Waals surface area contributed by atoms with E-state index in [1.165, 1.54) is 6.92 Å². The SMILES string of the molecule is CC(=O)Cc1ccc2c(C(=O)O)cccc2c1. The van der Waals surface area contributed by atoms with Crippen LogP contribution in [0.3, 0.4) is 0 Å². The number of carbonyl (C=O) groups is 2. The number of carboxylic acid groups (broad SMARTS) is 1. The molecular formula is C14H12O3. The topological polar surface area (TPSA) is 54.4 Å². The van der Waals surface area contributed by atoms with Crippen LogP contribution in [0.1, 0.15) is 22.8 Å². The number of hydrogen-bond donors (Lipinski definition) is 1. The van der Waals surface area contributed by atoms with Gasteiger partial charge in [-0.1, -0.05) is 30.3 Å². The van der Waals surface area contributed by atoms with Gasteiger partial charge in [0.1, 0.15) is 5.78 Å². The molecule has 0 heterocycles. The first-order valence-electron chi connectivity index (χ1n) is 5.32. The van der Waals surface area contributed by atoms with E-state index in [0.29, 0.717) is 11.8 Å². The van der Waals surface area contributed by atoms with Crippen molar-refractivity contribution >= 4 is 22.5 Å². The Hall–Kier alpha value is -2.16. The van der Waals surface area contributed by atoms with Crippen LogP contribution in [0.25, 0.3) is 10.8 Å². The van der Waals surface area contributed by atoms with Crippen LogP contribution in [-0.4, -0.2) is 16.9 Å². The van der Waals surface area contributed by atoms with Crippen molar-refractivity contribution in [2.24, 2.45) is 0 Å². The van der Waals surface area contributed by atoms with Gasteiger partial charge in [0, 0.05) is 6.42 Å². The number of hydrogen-bond acceptors (Lipinski definition) is 2. The zero-order chi connectivity index (χ0) is 12.4. The van der Waals surface area contributed by atoms with Gasteiger partial charge in [0.2, 0.25) is 0 Å². The highest BCUT2D eigenvalue weighted by molar-refractivity contribution is 6.03. The molecule has 0 amide bonds. The highest BCUT2D eigenvalue weighted by Crippen LogP contribution is 2.20. The molecule has 0 saturated carbocycles. The molecule has 0 unspecified atom stereocenters. The van der Waals surface area contributed by atoms with Crippen molar-refractivity contribution in [2.45, 2.75) is 13.3 Å². The molecule has 0 aliphatic rings. The summed E-state index contributed by atoms with van der Waals surface area (Å²) in [6.07, 6.45) is 0.382. The number of carbonyl (C=O) groups excluding carboxylic acids is 1. The highest BCUT2D eigenvalue weighted by Gasteiger charge is 2.08. The number of Topliss-reactive ketones (excluding diaryl/α,β-unsaturated/α-hetero) is 1. The molecule has 3 nitrogen and oxygen atoms in total. The molecule has 2 rings (SSSR count). The molecule has 0 spiro atoms. The van der Waals surface area contributed by atoms with Crippen molar-refractivity contribution < 1.29 is 14.7 Å². The quantitative estimate of drug-likeness (QED) is 0.878. The Morgan fingerprint density at radius 1 is 1.18 bits per heavy atom. The predicted molar refractivity (Wildman–Crippen MR) is 65.3 cm³/mol. The van der Waals surface area contributed by atoms with Crippen molar-refractivity contribution in [3.63, 3.8) is 0 Å². The molecule has 86 valence electrons. The molecule has 0 aliphatic carbocycles. The molecule has 17 heavy (non-hydrogen) atoms.